The SMILES string of the molecule is Cn1ncnc1Sc1nc(N)nc(-n2cccn2)n1. The van der Waals surface area contributed by atoms with Gasteiger partial charge >= 0.3 is 0 Å². The zero-order valence-corrected chi connectivity index (χ0v) is 10.7. The fourth-order valence-corrected chi connectivity index (χ4v) is 2.06. The summed E-state index contributed by atoms with van der Waals surface area (Å²) in [7, 11) is 1.79. The molecule has 3 aromatic heterocycles. The van der Waals surface area contributed by atoms with Gasteiger partial charge in [-0.2, -0.15) is 25.1 Å². The third kappa shape index (κ3) is 2.38. The van der Waals surface area contributed by atoms with E-state index in [1.165, 1.54) is 22.8 Å². The Balaban J connectivity index is 1.96. The average molecular weight is 275 g/mol. The molecule has 3 heterocycles. The van der Waals surface area contributed by atoms with Gasteiger partial charge in [-0.15, -0.1) is 0 Å². The summed E-state index contributed by atoms with van der Waals surface area (Å²) in [6.45, 7) is 0. The maximum atomic E-state index is 5.67. The van der Waals surface area contributed by atoms with Gasteiger partial charge < -0.3 is 5.73 Å². The molecule has 0 fully saturated rings. The molecule has 10 heteroatoms. The Morgan fingerprint density at radius 1 is 1.21 bits per heavy atom. The topological polar surface area (TPSA) is 113 Å². The van der Waals surface area contributed by atoms with E-state index in [0.29, 0.717) is 16.3 Å². The van der Waals surface area contributed by atoms with Crippen LogP contribution in [0.3, 0.4) is 0 Å². The van der Waals surface area contributed by atoms with Crippen molar-refractivity contribution in [3.63, 3.8) is 0 Å². The first-order valence-corrected chi connectivity index (χ1v) is 6.07. The highest BCUT2D eigenvalue weighted by molar-refractivity contribution is 7.99. The lowest BCUT2D eigenvalue weighted by molar-refractivity contribution is 0.682. The van der Waals surface area contributed by atoms with E-state index in [0.717, 1.165) is 0 Å². The van der Waals surface area contributed by atoms with Crippen molar-refractivity contribution in [3.05, 3.63) is 24.8 Å². The molecule has 0 saturated heterocycles. The van der Waals surface area contributed by atoms with E-state index in [-0.39, 0.29) is 5.95 Å². The molecule has 0 aromatic carbocycles. The van der Waals surface area contributed by atoms with E-state index in [2.05, 4.69) is 30.1 Å². The zero-order chi connectivity index (χ0) is 13.2. The Morgan fingerprint density at radius 3 is 2.79 bits per heavy atom. The number of nitrogen functional groups attached to an aromatic ring is 1. The van der Waals surface area contributed by atoms with Gasteiger partial charge in [-0.05, 0) is 17.8 Å². The van der Waals surface area contributed by atoms with Crippen molar-refractivity contribution in [2.24, 2.45) is 7.05 Å². The summed E-state index contributed by atoms with van der Waals surface area (Å²) in [6, 6.07) is 1.77. The Labute approximate surface area is 111 Å². The van der Waals surface area contributed by atoms with Crippen LogP contribution in [0.1, 0.15) is 0 Å². The van der Waals surface area contributed by atoms with Crippen LogP contribution in [0, 0.1) is 0 Å². The monoisotopic (exact) mass is 275 g/mol. The summed E-state index contributed by atoms with van der Waals surface area (Å²) < 4.78 is 3.14. The lowest BCUT2D eigenvalue weighted by atomic mass is 10.7. The van der Waals surface area contributed by atoms with E-state index in [1.54, 1.807) is 30.2 Å². The van der Waals surface area contributed by atoms with Gasteiger partial charge in [0, 0.05) is 19.4 Å². The van der Waals surface area contributed by atoms with Crippen LogP contribution in [0.25, 0.3) is 5.95 Å². The number of anilines is 1. The molecule has 9 nitrogen and oxygen atoms in total. The first-order valence-electron chi connectivity index (χ1n) is 5.26. The lowest BCUT2D eigenvalue weighted by Crippen LogP contribution is -2.08. The molecular weight excluding hydrogens is 266 g/mol. The second kappa shape index (κ2) is 4.65. The summed E-state index contributed by atoms with van der Waals surface area (Å²) in [5.74, 6) is 0.493. The van der Waals surface area contributed by atoms with E-state index in [9.17, 15) is 0 Å². The van der Waals surface area contributed by atoms with E-state index < -0.39 is 0 Å². The van der Waals surface area contributed by atoms with Crippen molar-refractivity contribution in [2.45, 2.75) is 10.3 Å². The number of hydrogen-bond acceptors (Lipinski definition) is 8. The van der Waals surface area contributed by atoms with Crippen molar-refractivity contribution in [1.82, 2.24) is 39.5 Å². The molecule has 0 bridgehead atoms. The zero-order valence-electron chi connectivity index (χ0n) is 9.87. The Kier molecular flexibility index (Phi) is 2.83. The standard InChI is InChI=1S/C9H9N9S/c1-17-9(11-5-13-17)19-8-15-6(10)14-7(16-8)18-4-2-3-12-18/h2-5H,1H3,(H2,10,14,15,16). The summed E-state index contributed by atoms with van der Waals surface area (Å²) in [5.41, 5.74) is 5.67. The summed E-state index contributed by atoms with van der Waals surface area (Å²) >= 11 is 1.25. The van der Waals surface area contributed by atoms with Crippen LogP contribution >= 0.6 is 11.8 Å². The normalized spacial score (nSPS) is 10.8. The number of nitrogens with zero attached hydrogens (tertiary/aromatic N) is 8. The number of aromatic nitrogens is 8. The van der Waals surface area contributed by atoms with Crippen molar-refractivity contribution in [1.29, 1.82) is 0 Å². The van der Waals surface area contributed by atoms with Gasteiger partial charge in [0.05, 0.1) is 0 Å². The van der Waals surface area contributed by atoms with Crippen molar-refractivity contribution in [3.8, 4) is 5.95 Å². The maximum Gasteiger partial charge on any atom is 0.256 e. The quantitative estimate of drug-likeness (QED) is 0.706. The molecule has 96 valence electrons. The number of aryl methyl sites for hydroxylation is 1. The Hall–Kier alpha value is -2.49. The number of rotatable bonds is 3. The summed E-state index contributed by atoms with van der Waals surface area (Å²) in [6.07, 6.45) is 4.82. The minimum absolute atomic E-state index is 0.130. The molecule has 0 saturated carbocycles. The molecule has 19 heavy (non-hydrogen) atoms. The van der Waals surface area contributed by atoms with Crippen LogP contribution in [0.4, 0.5) is 5.95 Å². The predicted molar refractivity (Wildman–Crippen MR) is 66.5 cm³/mol. The minimum atomic E-state index is 0.130. The minimum Gasteiger partial charge on any atom is -0.368 e. The average Bonchev–Trinajstić information content (AvgIpc) is 3.01. The molecule has 0 aliphatic rings. The third-order valence-corrected chi connectivity index (χ3v) is 3.10. The van der Waals surface area contributed by atoms with E-state index in [4.69, 9.17) is 5.73 Å². The van der Waals surface area contributed by atoms with E-state index >= 15 is 0 Å². The fourth-order valence-electron chi connectivity index (χ4n) is 1.36. The molecule has 0 spiro atoms. The second-order valence-corrected chi connectivity index (χ2v) is 4.43. The molecule has 0 atom stereocenters. The van der Waals surface area contributed by atoms with Gasteiger partial charge in [-0.25, -0.2) is 14.3 Å². The second-order valence-electron chi connectivity index (χ2n) is 3.50. The molecule has 0 unspecified atom stereocenters. The van der Waals surface area contributed by atoms with Crippen LogP contribution in [-0.4, -0.2) is 39.5 Å². The van der Waals surface area contributed by atoms with Crippen molar-refractivity contribution < 1.29 is 0 Å². The molecule has 3 rings (SSSR count). The van der Waals surface area contributed by atoms with Crippen molar-refractivity contribution in [2.75, 3.05) is 5.73 Å². The Bertz CT molecular complexity index is 690. The van der Waals surface area contributed by atoms with Gasteiger partial charge in [-0.1, -0.05) is 0 Å². The highest BCUT2D eigenvalue weighted by atomic mass is 32.2. The highest BCUT2D eigenvalue weighted by Gasteiger charge is 2.10. The van der Waals surface area contributed by atoms with Gasteiger partial charge in [-0.3, -0.25) is 0 Å². The predicted octanol–water partition coefficient (Wildman–Crippen LogP) is -0.0808. The molecule has 0 amide bonds. The smallest absolute Gasteiger partial charge is 0.256 e. The highest BCUT2D eigenvalue weighted by Crippen LogP contribution is 2.22. The van der Waals surface area contributed by atoms with Gasteiger partial charge in [0.2, 0.25) is 11.1 Å². The summed E-state index contributed by atoms with van der Waals surface area (Å²) in [4.78, 5) is 16.4. The van der Waals surface area contributed by atoms with Gasteiger partial charge in [0.15, 0.2) is 5.16 Å². The van der Waals surface area contributed by atoms with E-state index in [1.807, 2.05) is 0 Å². The van der Waals surface area contributed by atoms with Crippen LogP contribution in [0.2, 0.25) is 0 Å². The molecule has 0 radical (unpaired) electrons. The van der Waals surface area contributed by atoms with Gasteiger partial charge in [0.25, 0.3) is 5.95 Å². The first-order chi connectivity index (χ1) is 9.22. The largest absolute Gasteiger partial charge is 0.368 e. The third-order valence-electron chi connectivity index (χ3n) is 2.18. The molecule has 3 aromatic rings. The molecule has 0 aliphatic heterocycles. The van der Waals surface area contributed by atoms with Crippen LogP contribution in [0.15, 0.2) is 35.1 Å². The maximum absolute atomic E-state index is 5.67. The van der Waals surface area contributed by atoms with Crippen LogP contribution in [-0.2, 0) is 7.05 Å². The van der Waals surface area contributed by atoms with Crippen molar-refractivity contribution >= 4 is 17.7 Å². The summed E-state index contributed by atoms with van der Waals surface area (Å²) in [5, 5.41) is 9.12. The molecular formula is C9H9N9S. The first kappa shape index (κ1) is 11.6. The molecule has 2 N–H and O–H groups in total. The fraction of sp³-hybridized carbons (Fsp3) is 0.111. The number of hydrogen-bond donors (Lipinski definition) is 1. The lowest BCUT2D eigenvalue weighted by Gasteiger charge is -2.03. The van der Waals surface area contributed by atoms with Gasteiger partial charge in [0.1, 0.15) is 6.33 Å². The number of nitrogens with two attached hydrogens (primary N) is 1. The molecule has 0 aliphatic carbocycles. The van der Waals surface area contributed by atoms with Crippen LogP contribution < -0.4 is 5.73 Å². The van der Waals surface area contributed by atoms with Crippen LogP contribution in [0.5, 0.6) is 0 Å². The Morgan fingerprint density at radius 2 is 2.11 bits per heavy atom.